The first-order chi connectivity index (χ1) is 23.2. The maximum absolute atomic E-state index is 16.1. The Kier molecular flexibility index (Phi) is 9.72. The minimum absolute atomic E-state index is 0.0306. The van der Waals surface area contributed by atoms with E-state index in [0.717, 1.165) is 12.8 Å². The number of anilines is 2. The second kappa shape index (κ2) is 13.7. The van der Waals surface area contributed by atoms with E-state index in [1.165, 1.54) is 47.1 Å². The van der Waals surface area contributed by atoms with Crippen molar-refractivity contribution >= 4 is 59.2 Å². The van der Waals surface area contributed by atoms with Crippen molar-refractivity contribution < 1.29 is 18.6 Å². The molecule has 2 heterocycles. The van der Waals surface area contributed by atoms with Gasteiger partial charge in [-0.1, -0.05) is 84.4 Å². The fourth-order valence-electron chi connectivity index (χ4n) is 7.27. The van der Waals surface area contributed by atoms with Gasteiger partial charge in [-0.05, 0) is 72.6 Å². The SMILES string of the molecule is C[Si](C)(C)c1ccc(C2CCN(c3c(F)cc(N4[C@@H](c5ccc(Cl)c([N+](=O)[O-])c5)CC[C@@H]4c4ccc(Cl)c([N+](=O)[O-])c4)cc3F)CC2)cc1. The summed E-state index contributed by atoms with van der Waals surface area (Å²) >= 11 is 12.2. The summed E-state index contributed by atoms with van der Waals surface area (Å²) in [6, 6.07) is 19.2. The number of halogens is 4. The Morgan fingerprint density at radius 2 is 1.14 bits per heavy atom. The van der Waals surface area contributed by atoms with Crippen LogP contribution in [-0.2, 0) is 0 Å². The number of nitro benzene ring substituents is 2. The fourth-order valence-corrected chi connectivity index (χ4v) is 8.81. The van der Waals surface area contributed by atoms with Gasteiger partial charge in [0.1, 0.15) is 15.7 Å². The topological polar surface area (TPSA) is 92.8 Å². The Morgan fingerprint density at radius 3 is 1.57 bits per heavy atom. The highest BCUT2D eigenvalue weighted by Crippen LogP contribution is 2.49. The van der Waals surface area contributed by atoms with Gasteiger partial charge in [-0.3, -0.25) is 20.2 Å². The summed E-state index contributed by atoms with van der Waals surface area (Å²) in [6.45, 7) is 7.92. The van der Waals surface area contributed by atoms with E-state index in [2.05, 4.69) is 43.9 Å². The van der Waals surface area contributed by atoms with E-state index in [9.17, 15) is 20.2 Å². The number of nitrogens with zero attached hydrogens (tertiary/aromatic N) is 4. The van der Waals surface area contributed by atoms with Crippen LogP contribution in [0.15, 0.2) is 72.8 Å². The molecule has 6 rings (SSSR count). The zero-order chi connectivity index (χ0) is 35.2. The summed E-state index contributed by atoms with van der Waals surface area (Å²) in [7, 11) is -1.41. The normalized spacial score (nSPS) is 18.6. The van der Waals surface area contributed by atoms with E-state index in [1.54, 1.807) is 21.9 Å². The molecule has 0 N–H and O–H groups in total. The number of piperidine rings is 1. The molecular formula is C36H36Cl2F2N4O4Si. The van der Waals surface area contributed by atoms with Crippen molar-refractivity contribution in [3.05, 3.63) is 131 Å². The van der Waals surface area contributed by atoms with Crippen LogP contribution in [0.3, 0.4) is 0 Å². The van der Waals surface area contributed by atoms with Gasteiger partial charge < -0.3 is 9.80 Å². The van der Waals surface area contributed by atoms with Gasteiger partial charge in [0.25, 0.3) is 11.4 Å². The quantitative estimate of drug-likeness (QED) is 0.102. The van der Waals surface area contributed by atoms with Crippen LogP contribution in [0.4, 0.5) is 31.5 Å². The molecule has 2 aliphatic heterocycles. The van der Waals surface area contributed by atoms with Crippen molar-refractivity contribution in [2.45, 2.75) is 63.3 Å². The monoisotopic (exact) mass is 724 g/mol. The standard InChI is InChI=1S/C36H36Cl2F2N4O4Si/c1-49(2,3)27-8-4-22(5-9-27)23-14-16-41(17-15-23)36-30(39)20-26(21-31(36)40)42-32(24-6-10-28(37)34(18-24)43(45)46)12-13-33(42)25-7-11-29(38)35(19-25)44(47)48/h4-11,18-21,23,32-33H,12-17H2,1-3H3/t32-,33-/m1/s1. The molecule has 0 saturated carbocycles. The third kappa shape index (κ3) is 7.02. The maximum Gasteiger partial charge on any atom is 0.288 e. The summed E-state index contributed by atoms with van der Waals surface area (Å²) < 4.78 is 32.2. The van der Waals surface area contributed by atoms with Gasteiger partial charge in [0.2, 0.25) is 0 Å². The molecule has 49 heavy (non-hydrogen) atoms. The molecule has 0 unspecified atom stereocenters. The Labute approximate surface area is 294 Å². The summed E-state index contributed by atoms with van der Waals surface area (Å²) in [6.07, 6.45) is 2.43. The highest BCUT2D eigenvalue weighted by Gasteiger charge is 2.38. The van der Waals surface area contributed by atoms with E-state index >= 15 is 8.78 Å². The molecule has 4 aromatic rings. The van der Waals surface area contributed by atoms with E-state index in [4.69, 9.17) is 23.2 Å². The lowest BCUT2D eigenvalue weighted by molar-refractivity contribution is -0.384. The number of rotatable bonds is 8. The predicted molar refractivity (Wildman–Crippen MR) is 193 cm³/mol. The van der Waals surface area contributed by atoms with E-state index in [-0.39, 0.29) is 32.8 Å². The van der Waals surface area contributed by atoms with E-state index < -0.39 is 41.6 Å². The summed E-state index contributed by atoms with van der Waals surface area (Å²) in [5, 5.41) is 24.8. The first-order valence-electron chi connectivity index (χ1n) is 16.2. The minimum atomic E-state index is -1.41. The van der Waals surface area contributed by atoms with Crippen molar-refractivity contribution in [2.75, 3.05) is 22.9 Å². The molecule has 8 nitrogen and oxygen atoms in total. The van der Waals surface area contributed by atoms with Crippen molar-refractivity contribution in [3.63, 3.8) is 0 Å². The molecule has 256 valence electrons. The lowest BCUT2D eigenvalue weighted by Crippen LogP contribution is -2.37. The smallest absolute Gasteiger partial charge is 0.288 e. The van der Waals surface area contributed by atoms with Gasteiger partial charge >= 0.3 is 0 Å². The van der Waals surface area contributed by atoms with Gasteiger partial charge in [-0.2, -0.15) is 0 Å². The van der Waals surface area contributed by atoms with Gasteiger partial charge in [0.15, 0.2) is 11.6 Å². The molecule has 2 aliphatic rings. The lowest BCUT2D eigenvalue weighted by Gasteiger charge is -2.36. The molecule has 2 saturated heterocycles. The van der Waals surface area contributed by atoms with Crippen LogP contribution in [0.25, 0.3) is 0 Å². The summed E-state index contributed by atoms with van der Waals surface area (Å²) in [5.74, 6) is -1.14. The highest BCUT2D eigenvalue weighted by molar-refractivity contribution is 6.88. The first-order valence-corrected chi connectivity index (χ1v) is 20.5. The third-order valence-corrected chi connectivity index (χ3v) is 12.6. The van der Waals surface area contributed by atoms with Crippen LogP contribution in [-0.4, -0.2) is 31.0 Å². The molecule has 2 fully saturated rings. The zero-order valence-corrected chi connectivity index (χ0v) is 29.8. The van der Waals surface area contributed by atoms with Gasteiger partial charge in [-0.15, -0.1) is 0 Å². The highest BCUT2D eigenvalue weighted by atomic mass is 35.5. The molecule has 4 aromatic carbocycles. The molecule has 0 radical (unpaired) electrons. The van der Waals surface area contributed by atoms with Crippen molar-refractivity contribution in [3.8, 4) is 0 Å². The second-order valence-electron chi connectivity index (χ2n) is 13.8. The fraction of sp³-hybridized carbons (Fsp3) is 0.333. The number of hydrogen-bond donors (Lipinski definition) is 0. The van der Waals surface area contributed by atoms with Crippen LogP contribution in [0.1, 0.15) is 60.4 Å². The van der Waals surface area contributed by atoms with Crippen LogP contribution in [0.5, 0.6) is 0 Å². The Hall–Kier alpha value is -4.06. The average molecular weight is 726 g/mol. The van der Waals surface area contributed by atoms with Gasteiger partial charge in [-0.25, -0.2) is 8.78 Å². The molecule has 0 aromatic heterocycles. The van der Waals surface area contributed by atoms with Gasteiger partial charge in [0, 0.05) is 30.9 Å². The first kappa shape index (κ1) is 34.8. The van der Waals surface area contributed by atoms with Crippen molar-refractivity contribution in [1.82, 2.24) is 0 Å². The molecular weight excluding hydrogens is 689 g/mol. The van der Waals surface area contributed by atoms with Crippen LogP contribution in [0, 0.1) is 31.9 Å². The average Bonchev–Trinajstić information content (AvgIpc) is 3.50. The molecule has 13 heteroatoms. The van der Waals surface area contributed by atoms with E-state index in [1.807, 2.05) is 0 Å². The lowest BCUT2D eigenvalue weighted by atomic mass is 9.89. The number of nitro groups is 2. The Bertz CT molecular complexity index is 1820. The molecule has 0 spiro atoms. The second-order valence-corrected chi connectivity index (χ2v) is 19.7. The molecule has 0 bridgehead atoms. The van der Waals surface area contributed by atoms with Gasteiger partial charge in [0.05, 0.1) is 30.0 Å². The van der Waals surface area contributed by atoms with Crippen LogP contribution < -0.4 is 15.0 Å². The summed E-state index contributed by atoms with van der Waals surface area (Å²) in [4.78, 5) is 25.8. The minimum Gasteiger partial charge on any atom is -0.367 e. The van der Waals surface area contributed by atoms with Crippen LogP contribution in [0.2, 0.25) is 29.7 Å². The van der Waals surface area contributed by atoms with E-state index in [0.29, 0.717) is 43.0 Å². The van der Waals surface area contributed by atoms with Crippen molar-refractivity contribution in [2.24, 2.45) is 0 Å². The Balaban J connectivity index is 1.32. The summed E-state index contributed by atoms with van der Waals surface area (Å²) in [5.41, 5.74) is 1.88. The number of hydrogen-bond acceptors (Lipinski definition) is 6. The van der Waals surface area contributed by atoms with Crippen LogP contribution >= 0.6 is 23.2 Å². The largest absolute Gasteiger partial charge is 0.367 e. The molecule has 0 amide bonds. The number of benzene rings is 4. The predicted octanol–water partition coefficient (Wildman–Crippen LogP) is 10.1. The molecule has 0 aliphatic carbocycles. The third-order valence-electron chi connectivity index (χ3n) is 9.85. The molecule has 2 atom stereocenters. The van der Waals surface area contributed by atoms with Crippen molar-refractivity contribution in [1.29, 1.82) is 0 Å². The maximum atomic E-state index is 16.1. The Morgan fingerprint density at radius 1 is 0.694 bits per heavy atom. The zero-order valence-electron chi connectivity index (χ0n) is 27.3.